The third-order valence-corrected chi connectivity index (χ3v) is 6.69. The second-order valence-electron chi connectivity index (χ2n) is 8.73. The summed E-state index contributed by atoms with van der Waals surface area (Å²) in [7, 11) is 0. The van der Waals surface area contributed by atoms with Gasteiger partial charge in [-0.15, -0.1) is 12.4 Å². The molecule has 5 heteroatoms. The molecule has 1 saturated heterocycles. The van der Waals surface area contributed by atoms with Gasteiger partial charge < -0.3 is 9.32 Å². The van der Waals surface area contributed by atoms with Crippen LogP contribution in [0.2, 0.25) is 5.02 Å². The van der Waals surface area contributed by atoms with Crippen molar-refractivity contribution in [3.63, 3.8) is 0 Å². The number of fused-ring (bicyclic) bond motifs is 1. The van der Waals surface area contributed by atoms with Crippen molar-refractivity contribution in [2.45, 2.75) is 51.9 Å². The van der Waals surface area contributed by atoms with Gasteiger partial charge in [-0.3, -0.25) is 4.90 Å². The van der Waals surface area contributed by atoms with Gasteiger partial charge in [0, 0.05) is 42.2 Å². The molecule has 0 unspecified atom stereocenters. The maximum atomic E-state index is 6.33. The van der Waals surface area contributed by atoms with Gasteiger partial charge in [0.15, 0.2) is 5.76 Å². The largest absolute Gasteiger partial charge is 0.454 e. The van der Waals surface area contributed by atoms with Gasteiger partial charge in [-0.2, -0.15) is 0 Å². The molecule has 1 aromatic heterocycles. The minimum Gasteiger partial charge on any atom is -0.454 e. The number of piperazine rings is 1. The van der Waals surface area contributed by atoms with Crippen LogP contribution in [0.15, 0.2) is 52.9 Å². The molecule has 0 radical (unpaired) electrons. The highest BCUT2D eigenvalue weighted by molar-refractivity contribution is 6.30. The lowest BCUT2D eigenvalue weighted by molar-refractivity contribution is 0.252. The Morgan fingerprint density at radius 2 is 1.47 bits per heavy atom. The second kappa shape index (κ2) is 12.5. The van der Waals surface area contributed by atoms with Gasteiger partial charge in [0.2, 0.25) is 0 Å². The number of benzene rings is 2. The number of halogens is 2. The van der Waals surface area contributed by atoms with Crippen molar-refractivity contribution in [1.29, 1.82) is 0 Å². The molecule has 0 spiro atoms. The monoisotopic (exact) mass is 474 g/mol. The van der Waals surface area contributed by atoms with Crippen LogP contribution in [0.1, 0.15) is 51.9 Å². The zero-order chi connectivity index (χ0) is 21.5. The van der Waals surface area contributed by atoms with Crippen LogP contribution in [0.5, 0.6) is 0 Å². The standard InChI is InChI=1S/C27H35ClN2O.ClH/c1-2-3-4-5-6-7-10-17-29-18-20-30(21-19-29)26-24-11-8-9-12-25(24)31-27(26)22-13-15-23(28)16-14-22;/h8-9,11-16H,2-7,10,17-21H2,1H3;1H. The SMILES string of the molecule is CCCCCCCCCN1CCN(c2c(-c3ccc(Cl)cc3)oc3ccccc23)CC1.Cl. The Balaban J connectivity index is 0.00000289. The molecule has 0 bridgehead atoms. The number of hydrogen-bond acceptors (Lipinski definition) is 3. The summed E-state index contributed by atoms with van der Waals surface area (Å²) in [4.78, 5) is 5.14. The van der Waals surface area contributed by atoms with E-state index in [0.29, 0.717) is 0 Å². The first kappa shape index (κ1) is 25.0. The highest BCUT2D eigenvalue weighted by Gasteiger charge is 2.24. The number of hydrogen-bond donors (Lipinski definition) is 0. The molecule has 1 aliphatic rings. The zero-order valence-corrected chi connectivity index (χ0v) is 20.8. The first-order chi connectivity index (χ1) is 15.3. The van der Waals surface area contributed by atoms with Gasteiger partial charge in [0.25, 0.3) is 0 Å². The van der Waals surface area contributed by atoms with E-state index < -0.39 is 0 Å². The molecule has 32 heavy (non-hydrogen) atoms. The van der Waals surface area contributed by atoms with Gasteiger partial charge in [0.1, 0.15) is 5.58 Å². The summed E-state index contributed by atoms with van der Waals surface area (Å²) in [5, 5.41) is 1.95. The third-order valence-electron chi connectivity index (χ3n) is 6.44. The number of rotatable bonds is 10. The van der Waals surface area contributed by atoms with Gasteiger partial charge >= 0.3 is 0 Å². The smallest absolute Gasteiger partial charge is 0.158 e. The fraction of sp³-hybridized carbons (Fsp3) is 0.481. The van der Waals surface area contributed by atoms with Crippen LogP contribution in [0.25, 0.3) is 22.3 Å². The number of unbranched alkanes of at least 4 members (excludes halogenated alkanes) is 6. The molecule has 2 heterocycles. The zero-order valence-electron chi connectivity index (χ0n) is 19.2. The van der Waals surface area contributed by atoms with E-state index >= 15 is 0 Å². The Kier molecular flexibility index (Phi) is 9.77. The van der Waals surface area contributed by atoms with Gasteiger partial charge in [-0.25, -0.2) is 0 Å². The molecule has 174 valence electrons. The number of furan rings is 1. The minimum absolute atomic E-state index is 0. The summed E-state index contributed by atoms with van der Waals surface area (Å²) < 4.78 is 6.33. The lowest BCUT2D eigenvalue weighted by atomic mass is 10.1. The van der Waals surface area contributed by atoms with Crippen molar-refractivity contribution in [2.24, 2.45) is 0 Å². The lowest BCUT2D eigenvalue weighted by Gasteiger charge is -2.36. The quantitative estimate of drug-likeness (QED) is 0.277. The van der Waals surface area contributed by atoms with E-state index in [9.17, 15) is 0 Å². The molecule has 1 fully saturated rings. The first-order valence-electron chi connectivity index (χ1n) is 12.0. The molecule has 3 aromatic rings. The molecule has 0 aliphatic carbocycles. The topological polar surface area (TPSA) is 19.6 Å². The van der Waals surface area contributed by atoms with E-state index in [1.807, 2.05) is 18.2 Å². The fourth-order valence-corrected chi connectivity index (χ4v) is 4.76. The van der Waals surface area contributed by atoms with Crippen molar-refractivity contribution in [3.05, 3.63) is 53.6 Å². The Hall–Kier alpha value is -1.68. The van der Waals surface area contributed by atoms with Gasteiger partial charge in [0.05, 0.1) is 5.69 Å². The van der Waals surface area contributed by atoms with Crippen LogP contribution in [-0.4, -0.2) is 37.6 Å². The van der Waals surface area contributed by atoms with Crippen LogP contribution < -0.4 is 4.90 Å². The number of nitrogens with zero attached hydrogens (tertiary/aromatic N) is 2. The van der Waals surface area contributed by atoms with Gasteiger partial charge in [-0.05, 0) is 49.4 Å². The van der Waals surface area contributed by atoms with Crippen LogP contribution in [0.4, 0.5) is 5.69 Å². The predicted molar refractivity (Wildman–Crippen MR) is 141 cm³/mol. The summed E-state index contributed by atoms with van der Waals surface area (Å²) in [5.74, 6) is 0.957. The normalized spacial score (nSPS) is 14.6. The average Bonchev–Trinajstić information content (AvgIpc) is 3.19. The predicted octanol–water partition coefficient (Wildman–Crippen LogP) is 8.05. The Labute approximate surface area is 204 Å². The molecular formula is C27H36Cl2N2O. The van der Waals surface area contributed by atoms with E-state index in [-0.39, 0.29) is 12.4 Å². The lowest BCUT2D eigenvalue weighted by Crippen LogP contribution is -2.46. The summed E-state index contributed by atoms with van der Waals surface area (Å²) >= 11 is 6.12. The van der Waals surface area contributed by atoms with E-state index in [0.717, 1.165) is 48.1 Å². The van der Waals surface area contributed by atoms with Crippen molar-refractivity contribution in [2.75, 3.05) is 37.6 Å². The third kappa shape index (κ3) is 6.21. The number of para-hydroxylation sites is 1. The first-order valence-corrected chi connectivity index (χ1v) is 12.4. The Morgan fingerprint density at radius 1 is 0.812 bits per heavy atom. The van der Waals surface area contributed by atoms with E-state index in [2.05, 4.69) is 47.1 Å². The highest BCUT2D eigenvalue weighted by atomic mass is 35.5. The van der Waals surface area contributed by atoms with Crippen LogP contribution in [-0.2, 0) is 0 Å². The molecule has 0 N–H and O–H groups in total. The van der Waals surface area contributed by atoms with Crippen molar-refractivity contribution >= 4 is 40.7 Å². The van der Waals surface area contributed by atoms with Crippen molar-refractivity contribution in [1.82, 2.24) is 4.90 Å². The minimum atomic E-state index is 0. The maximum absolute atomic E-state index is 6.33. The van der Waals surface area contributed by atoms with Crippen molar-refractivity contribution < 1.29 is 4.42 Å². The molecule has 3 nitrogen and oxygen atoms in total. The van der Waals surface area contributed by atoms with E-state index in [4.69, 9.17) is 16.0 Å². The van der Waals surface area contributed by atoms with Crippen LogP contribution in [0, 0.1) is 0 Å². The van der Waals surface area contributed by atoms with Crippen LogP contribution in [0.3, 0.4) is 0 Å². The molecule has 0 atom stereocenters. The summed E-state index contributed by atoms with van der Waals surface area (Å²) in [6.45, 7) is 7.84. The molecule has 4 rings (SSSR count). The maximum Gasteiger partial charge on any atom is 0.158 e. The molecule has 2 aromatic carbocycles. The Morgan fingerprint density at radius 3 is 2.19 bits per heavy atom. The fourth-order valence-electron chi connectivity index (χ4n) is 4.63. The van der Waals surface area contributed by atoms with Crippen molar-refractivity contribution in [3.8, 4) is 11.3 Å². The average molecular weight is 476 g/mol. The molecule has 1 aliphatic heterocycles. The second-order valence-corrected chi connectivity index (χ2v) is 9.17. The number of anilines is 1. The van der Waals surface area contributed by atoms with E-state index in [1.54, 1.807) is 0 Å². The summed E-state index contributed by atoms with van der Waals surface area (Å²) in [6, 6.07) is 16.4. The van der Waals surface area contributed by atoms with E-state index in [1.165, 1.54) is 62.6 Å². The molecule has 0 saturated carbocycles. The highest BCUT2D eigenvalue weighted by Crippen LogP contribution is 2.41. The molecular weight excluding hydrogens is 439 g/mol. The summed E-state index contributed by atoms with van der Waals surface area (Å²) in [5.41, 5.74) is 3.27. The Bertz CT molecular complexity index is 946. The molecule has 0 amide bonds. The summed E-state index contributed by atoms with van der Waals surface area (Å²) in [6.07, 6.45) is 9.63. The van der Waals surface area contributed by atoms with Gasteiger partial charge in [-0.1, -0.05) is 69.2 Å². The van der Waals surface area contributed by atoms with Crippen LogP contribution >= 0.6 is 24.0 Å².